The number of hydrogen-bond acceptors (Lipinski definition) is 4. The minimum atomic E-state index is -4.65. The largest absolute Gasteiger partial charge is 0.605 e. The van der Waals surface area contributed by atoms with Crippen molar-refractivity contribution in [1.82, 2.24) is 0 Å². The van der Waals surface area contributed by atoms with Gasteiger partial charge >= 0.3 is 14.0 Å². The molecule has 0 fully saturated rings. The number of hydrogen-bond donors (Lipinski definition) is 0. The van der Waals surface area contributed by atoms with Crippen molar-refractivity contribution in [3.8, 4) is 24.1 Å². The van der Waals surface area contributed by atoms with E-state index in [4.69, 9.17) is 0 Å². The smallest absolute Gasteiger partial charge is 0.341 e. The van der Waals surface area contributed by atoms with Gasteiger partial charge in [-0.25, -0.2) is 4.57 Å². The molecule has 90 valence electrons. The summed E-state index contributed by atoms with van der Waals surface area (Å²) in [4.78, 5) is 0. The van der Waals surface area contributed by atoms with E-state index in [0.29, 0.717) is 0 Å². The molecule has 0 bridgehead atoms. The maximum atomic E-state index is 11.8. The van der Waals surface area contributed by atoms with Gasteiger partial charge in [0.15, 0.2) is 6.61 Å². The average molecular weight is 256 g/mol. The topological polar surface area (TPSA) is 44.8 Å². The summed E-state index contributed by atoms with van der Waals surface area (Å²) in [6.45, 7) is 0.889. The van der Waals surface area contributed by atoms with Gasteiger partial charge in [-0.2, -0.15) is 13.2 Å². The summed E-state index contributed by atoms with van der Waals surface area (Å²) in [6.07, 6.45) is -0.980. The van der Waals surface area contributed by atoms with E-state index < -0.39 is 20.6 Å². The minimum absolute atomic E-state index is 1.33. The lowest BCUT2D eigenvalue weighted by molar-refractivity contribution is -0.156. The first-order valence-corrected chi connectivity index (χ1v) is 5.31. The highest BCUT2D eigenvalue weighted by atomic mass is 31.2. The highest BCUT2D eigenvalue weighted by molar-refractivity contribution is 7.48. The van der Waals surface area contributed by atoms with Crippen LogP contribution in [-0.2, 0) is 18.1 Å². The van der Waals surface area contributed by atoms with Gasteiger partial charge in [-0.3, -0.25) is 4.52 Å². The Labute approximate surface area is 90.7 Å². The van der Waals surface area contributed by atoms with Crippen LogP contribution in [0.25, 0.3) is 0 Å². The Morgan fingerprint density at radius 1 is 1.12 bits per heavy atom. The van der Waals surface area contributed by atoms with Crippen LogP contribution in [0.4, 0.5) is 13.2 Å². The van der Waals surface area contributed by atoms with Crippen LogP contribution < -0.4 is 0 Å². The number of halogens is 3. The van der Waals surface area contributed by atoms with Crippen molar-refractivity contribution in [2.75, 3.05) is 6.61 Å². The minimum Gasteiger partial charge on any atom is -0.341 e. The molecule has 16 heavy (non-hydrogen) atoms. The van der Waals surface area contributed by atoms with E-state index in [1.807, 2.05) is 12.2 Å². The van der Waals surface area contributed by atoms with Gasteiger partial charge in [0, 0.05) is 13.8 Å². The number of phosphoric ester groups is 1. The molecular weight excluding hydrogens is 248 g/mol. The van der Waals surface area contributed by atoms with Gasteiger partial charge in [0.25, 0.3) is 0 Å². The highest BCUT2D eigenvalue weighted by Crippen LogP contribution is 2.49. The SMILES string of the molecule is CC#COP(=O)(OC#CC)OCC(F)(F)F. The molecule has 0 amide bonds. The van der Waals surface area contributed by atoms with Crippen molar-refractivity contribution in [1.29, 1.82) is 0 Å². The third-order valence-electron chi connectivity index (χ3n) is 0.905. The normalized spacial score (nSPS) is 10.6. The molecule has 4 nitrogen and oxygen atoms in total. The first kappa shape index (κ1) is 14.7. The van der Waals surface area contributed by atoms with Crippen LogP contribution in [-0.4, -0.2) is 12.8 Å². The van der Waals surface area contributed by atoms with E-state index in [-0.39, 0.29) is 0 Å². The predicted molar refractivity (Wildman–Crippen MR) is 48.7 cm³/mol. The molecule has 0 rings (SSSR count). The molecule has 0 radical (unpaired) electrons. The van der Waals surface area contributed by atoms with Crippen molar-refractivity contribution in [2.24, 2.45) is 0 Å². The van der Waals surface area contributed by atoms with E-state index in [1.54, 1.807) is 0 Å². The fraction of sp³-hybridized carbons (Fsp3) is 0.500. The molecule has 0 saturated heterocycles. The maximum absolute atomic E-state index is 11.8. The molecule has 0 N–H and O–H groups in total. The van der Waals surface area contributed by atoms with Gasteiger partial charge < -0.3 is 9.05 Å². The van der Waals surface area contributed by atoms with Gasteiger partial charge in [0.2, 0.25) is 0 Å². The maximum Gasteiger partial charge on any atom is 0.605 e. The number of phosphoric acid groups is 1. The summed E-state index contributed by atoms with van der Waals surface area (Å²) in [5, 5.41) is 0. The summed E-state index contributed by atoms with van der Waals surface area (Å²) in [7, 11) is -4.42. The van der Waals surface area contributed by atoms with Crippen LogP contribution in [0.15, 0.2) is 0 Å². The Kier molecular flexibility index (Phi) is 5.81. The molecule has 8 heteroatoms. The molecule has 0 aromatic rings. The fourth-order valence-corrected chi connectivity index (χ4v) is 1.28. The Bertz CT molecular complexity index is 356. The molecule has 0 heterocycles. The van der Waals surface area contributed by atoms with E-state index in [2.05, 4.69) is 25.4 Å². The van der Waals surface area contributed by atoms with Crippen LogP contribution in [0.1, 0.15) is 13.8 Å². The van der Waals surface area contributed by atoms with Crippen LogP contribution in [0, 0.1) is 24.1 Å². The highest BCUT2D eigenvalue weighted by Gasteiger charge is 2.37. The van der Waals surface area contributed by atoms with Crippen molar-refractivity contribution in [2.45, 2.75) is 20.0 Å². The van der Waals surface area contributed by atoms with Crippen LogP contribution in [0.3, 0.4) is 0 Å². The summed E-state index contributed by atoms with van der Waals surface area (Å²) in [5.41, 5.74) is 0. The fourth-order valence-electron chi connectivity index (χ4n) is 0.427. The predicted octanol–water partition coefficient (Wildman–Crippen LogP) is 2.67. The molecule has 0 unspecified atom stereocenters. The van der Waals surface area contributed by atoms with E-state index >= 15 is 0 Å². The van der Waals surface area contributed by atoms with Crippen LogP contribution in [0.2, 0.25) is 0 Å². The quantitative estimate of drug-likeness (QED) is 0.573. The van der Waals surface area contributed by atoms with Crippen molar-refractivity contribution >= 4 is 7.82 Å². The molecule has 0 spiro atoms. The Morgan fingerprint density at radius 2 is 1.56 bits per heavy atom. The molecular formula is C8H8F3O4P. The molecule has 0 aliphatic rings. The van der Waals surface area contributed by atoms with E-state index in [9.17, 15) is 17.7 Å². The summed E-state index contributed by atoms with van der Waals surface area (Å²) < 4.78 is 59.2. The van der Waals surface area contributed by atoms with Gasteiger partial charge in [-0.1, -0.05) is 11.8 Å². The summed E-state index contributed by atoms with van der Waals surface area (Å²) in [6, 6.07) is 0. The Hall–Kier alpha value is -1.30. The zero-order valence-corrected chi connectivity index (χ0v) is 9.32. The molecule has 0 aromatic heterocycles. The lowest BCUT2D eigenvalue weighted by Crippen LogP contribution is -2.16. The monoisotopic (exact) mass is 256 g/mol. The average Bonchev–Trinajstić information content (AvgIpc) is 2.20. The standard InChI is InChI=1S/C8H8F3O4P/c1-3-5-13-16(12,14-6-4-2)15-7-8(9,10)11/h7H2,1-2H3. The van der Waals surface area contributed by atoms with Gasteiger partial charge in [-0.05, 0) is 0 Å². The third kappa shape index (κ3) is 7.05. The lowest BCUT2D eigenvalue weighted by atomic mass is 10.7. The second kappa shape index (κ2) is 6.32. The van der Waals surface area contributed by atoms with Crippen LogP contribution >= 0.6 is 7.82 Å². The first-order valence-electron chi connectivity index (χ1n) is 3.85. The zero-order chi connectivity index (χ0) is 12.7. The van der Waals surface area contributed by atoms with Crippen molar-refractivity contribution in [3.63, 3.8) is 0 Å². The van der Waals surface area contributed by atoms with Gasteiger partial charge in [-0.15, -0.1) is 0 Å². The second-order valence-corrected chi connectivity index (χ2v) is 3.74. The zero-order valence-electron chi connectivity index (χ0n) is 8.42. The van der Waals surface area contributed by atoms with E-state index in [1.165, 1.54) is 13.8 Å². The Morgan fingerprint density at radius 3 is 1.88 bits per heavy atom. The van der Waals surface area contributed by atoms with Crippen molar-refractivity contribution in [3.05, 3.63) is 0 Å². The second-order valence-electron chi connectivity index (χ2n) is 2.22. The lowest BCUT2D eigenvalue weighted by Gasteiger charge is -2.12. The first-order chi connectivity index (χ1) is 7.33. The van der Waals surface area contributed by atoms with Gasteiger partial charge in [0.05, 0.1) is 0 Å². The summed E-state index contributed by atoms with van der Waals surface area (Å²) in [5.74, 6) is 4.33. The number of rotatable bonds is 4. The van der Waals surface area contributed by atoms with E-state index in [0.717, 1.165) is 0 Å². The van der Waals surface area contributed by atoms with Crippen LogP contribution in [0.5, 0.6) is 0 Å². The third-order valence-corrected chi connectivity index (χ3v) is 1.98. The Balaban J connectivity index is 4.56. The molecule has 0 aliphatic heterocycles. The molecule has 0 saturated carbocycles. The van der Waals surface area contributed by atoms with Gasteiger partial charge in [0.1, 0.15) is 12.2 Å². The molecule has 0 atom stereocenters. The summed E-state index contributed by atoms with van der Waals surface area (Å²) >= 11 is 0. The number of alkyl halides is 3. The van der Waals surface area contributed by atoms with Crippen molar-refractivity contribution < 1.29 is 31.3 Å². The molecule has 0 aliphatic carbocycles. The molecule has 0 aromatic carbocycles.